The van der Waals surface area contributed by atoms with Crippen molar-refractivity contribution in [1.29, 1.82) is 0 Å². The first-order chi connectivity index (χ1) is 18.4. The van der Waals surface area contributed by atoms with E-state index >= 15 is 0 Å². The fourth-order valence-electron chi connectivity index (χ4n) is 5.19. The number of unbranched alkanes of at least 4 members (excludes halogenated alkanes) is 19. The summed E-state index contributed by atoms with van der Waals surface area (Å²) in [5, 5.41) is 37.6. The molecule has 6 nitrogen and oxygen atoms in total. The zero-order chi connectivity index (χ0) is 28.1. The number of hydrogen-bond donors (Lipinski definition) is 4. The first-order valence-corrected chi connectivity index (χ1v) is 16.2. The van der Waals surface area contributed by atoms with E-state index in [1.807, 2.05) is 0 Å². The van der Waals surface area contributed by atoms with Gasteiger partial charge < -0.3 is 20.4 Å². The first-order valence-electron chi connectivity index (χ1n) is 16.2. The molecule has 2 atom stereocenters. The Morgan fingerprint density at radius 3 is 0.763 bits per heavy atom. The molecule has 0 aliphatic heterocycles. The van der Waals surface area contributed by atoms with Crippen LogP contribution in [-0.2, 0) is 9.59 Å². The average Bonchev–Trinajstić information content (AvgIpc) is 2.87. The van der Waals surface area contributed by atoms with Crippen molar-refractivity contribution in [2.75, 3.05) is 0 Å². The zero-order valence-corrected chi connectivity index (χ0v) is 24.6. The summed E-state index contributed by atoms with van der Waals surface area (Å²) in [6.07, 6.45) is 28.8. The van der Waals surface area contributed by atoms with Crippen molar-refractivity contribution < 1.29 is 30.0 Å². The van der Waals surface area contributed by atoms with Crippen LogP contribution in [0, 0.1) is 0 Å². The van der Waals surface area contributed by atoms with Gasteiger partial charge in [-0.2, -0.15) is 0 Å². The van der Waals surface area contributed by atoms with Crippen molar-refractivity contribution in [3.8, 4) is 0 Å². The van der Waals surface area contributed by atoms with Gasteiger partial charge in [-0.05, 0) is 38.5 Å². The van der Waals surface area contributed by atoms with E-state index in [1.165, 1.54) is 70.6 Å². The smallest absolute Gasteiger partial charge is 0.303 e. The quantitative estimate of drug-likeness (QED) is 0.0651. The Hall–Kier alpha value is -1.14. The lowest BCUT2D eigenvalue weighted by Crippen LogP contribution is -2.08. The minimum absolute atomic E-state index is 0.171. The Balaban J connectivity index is 3.28. The Kier molecular flexibility index (Phi) is 28.0. The number of aliphatic carboxylic acids is 2. The SMILES string of the molecule is O=C(O)CCCCCCCCCCCCC(O)CCCCCC(O)CCCCCCCCCCCC(=O)O. The molecule has 0 radical (unpaired) electrons. The molecule has 6 heteroatoms. The fraction of sp³-hybridized carbons (Fsp3) is 0.938. The molecular formula is C32H62O6. The maximum atomic E-state index is 10.5. The van der Waals surface area contributed by atoms with Gasteiger partial charge in [0.2, 0.25) is 0 Å². The lowest BCUT2D eigenvalue weighted by Gasteiger charge is -2.12. The minimum atomic E-state index is -0.688. The fourth-order valence-corrected chi connectivity index (χ4v) is 5.19. The summed E-state index contributed by atoms with van der Waals surface area (Å²) in [7, 11) is 0. The normalized spacial score (nSPS) is 13.0. The number of carboxylic acid groups (broad SMARTS) is 2. The molecule has 0 rings (SSSR count). The molecule has 0 bridgehead atoms. The predicted molar refractivity (Wildman–Crippen MR) is 157 cm³/mol. The summed E-state index contributed by atoms with van der Waals surface area (Å²) in [5.41, 5.74) is 0. The number of rotatable bonds is 31. The number of carboxylic acids is 2. The topological polar surface area (TPSA) is 115 Å². The van der Waals surface area contributed by atoms with Crippen molar-refractivity contribution in [3.63, 3.8) is 0 Å². The minimum Gasteiger partial charge on any atom is -0.481 e. The maximum absolute atomic E-state index is 10.5. The molecule has 0 heterocycles. The van der Waals surface area contributed by atoms with E-state index in [-0.39, 0.29) is 12.2 Å². The average molecular weight is 543 g/mol. The summed E-state index contributed by atoms with van der Waals surface area (Å²) in [4.78, 5) is 20.9. The second-order valence-corrected chi connectivity index (χ2v) is 11.5. The van der Waals surface area contributed by atoms with Crippen LogP contribution in [0.2, 0.25) is 0 Å². The third-order valence-corrected chi connectivity index (χ3v) is 7.68. The summed E-state index contributed by atoms with van der Waals surface area (Å²) >= 11 is 0. The van der Waals surface area contributed by atoms with Gasteiger partial charge >= 0.3 is 11.9 Å². The molecule has 0 aromatic rings. The molecule has 0 saturated carbocycles. The van der Waals surface area contributed by atoms with Crippen LogP contribution < -0.4 is 0 Å². The van der Waals surface area contributed by atoms with E-state index in [9.17, 15) is 19.8 Å². The summed E-state index contributed by atoms with van der Waals surface area (Å²) < 4.78 is 0. The Bertz CT molecular complexity index is 524. The number of aliphatic hydroxyl groups is 2. The highest BCUT2D eigenvalue weighted by molar-refractivity contribution is 5.66. The third kappa shape index (κ3) is 31.1. The standard InChI is InChI=1S/C32H62O6/c33-29(23-17-12-8-4-1-2-6-10-14-21-27-31(35)36)25-19-16-20-26-30(34)24-18-13-9-5-3-7-11-15-22-28-32(37)38/h29-30,33-34H,1-28H2,(H,35,36)(H,37,38). The highest BCUT2D eigenvalue weighted by Crippen LogP contribution is 2.17. The third-order valence-electron chi connectivity index (χ3n) is 7.68. The van der Waals surface area contributed by atoms with Crippen LogP contribution in [0.3, 0.4) is 0 Å². The number of aliphatic hydroxyl groups excluding tert-OH is 2. The molecule has 226 valence electrons. The lowest BCUT2D eigenvalue weighted by molar-refractivity contribution is -0.138. The lowest BCUT2D eigenvalue weighted by atomic mass is 10.00. The molecule has 4 N–H and O–H groups in total. The van der Waals surface area contributed by atoms with Gasteiger partial charge in [-0.25, -0.2) is 0 Å². The van der Waals surface area contributed by atoms with Gasteiger partial charge in [0.25, 0.3) is 0 Å². The highest BCUT2D eigenvalue weighted by Gasteiger charge is 2.07. The summed E-state index contributed by atoms with van der Waals surface area (Å²) in [5.74, 6) is -1.37. The zero-order valence-electron chi connectivity index (χ0n) is 24.6. The van der Waals surface area contributed by atoms with Crippen LogP contribution in [0.25, 0.3) is 0 Å². The molecule has 0 saturated heterocycles. The van der Waals surface area contributed by atoms with Gasteiger partial charge in [0, 0.05) is 12.8 Å². The van der Waals surface area contributed by atoms with Crippen LogP contribution in [0.1, 0.15) is 180 Å². The van der Waals surface area contributed by atoms with Crippen LogP contribution in [0.4, 0.5) is 0 Å². The van der Waals surface area contributed by atoms with Crippen LogP contribution >= 0.6 is 0 Å². The monoisotopic (exact) mass is 542 g/mol. The van der Waals surface area contributed by atoms with Crippen LogP contribution in [0.5, 0.6) is 0 Å². The van der Waals surface area contributed by atoms with Gasteiger partial charge in [0.05, 0.1) is 12.2 Å². The Morgan fingerprint density at radius 2 is 0.526 bits per heavy atom. The maximum Gasteiger partial charge on any atom is 0.303 e. The van der Waals surface area contributed by atoms with Crippen molar-refractivity contribution in [2.24, 2.45) is 0 Å². The predicted octanol–water partition coefficient (Wildman–Crippen LogP) is 8.80. The van der Waals surface area contributed by atoms with Crippen LogP contribution in [-0.4, -0.2) is 44.6 Å². The highest BCUT2D eigenvalue weighted by atomic mass is 16.4. The van der Waals surface area contributed by atoms with Crippen molar-refractivity contribution in [1.82, 2.24) is 0 Å². The van der Waals surface area contributed by atoms with E-state index in [1.54, 1.807) is 0 Å². The molecule has 0 aliphatic rings. The van der Waals surface area contributed by atoms with E-state index < -0.39 is 11.9 Å². The Morgan fingerprint density at radius 1 is 0.342 bits per heavy atom. The van der Waals surface area contributed by atoms with E-state index in [0.29, 0.717) is 12.8 Å². The van der Waals surface area contributed by atoms with Crippen LogP contribution in [0.15, 0.2) is 0 Å². The van der Waals surface area contributed by atoms with Gasteiger partial charge in [0.15, 0.2) is 0 Å². The molecule has 2 unspecified atom stereocenters. The molecule has 0 spiro atoms. The molecule has 0 amide bonds. The van der Waals surface area contributed by atoms with Gasteiger partial charge in [-0.3, -0.25) is 9.59 Å². The van der Waals surface area contributed by atoms with Gasteiger partial charge in [0.1, 0.15) is 0 Å². The molecule has 38 heavy (non-hydrogen) atoms. The second kappa shape index (κ2) is 28.9. The van der Waals surface area contributed by atoms with E-state index in [2.05, 4.69) is 0 Å². The van der Waals surface area contributed by atoms with Crippen molar-refractivity contribution in [3.05, 3.63) is 0 Å². The molecule has 0 fully saturated rings. The van der Waals surface area contributed by atoms with Crippen molar-refractivity contribution >= 4 is 11.9 Å². The summed E-state index contributed by atoms with van der Waals surface area (Å²) in [6.45, 7) is 0. The molecular weight excluding hydrogens is 480 g/mol. The molecule has 0 aromatic carbocycles. The Labute approximate surface area is 234 Å². The molecule has 0 aliphatic carbocycles. The van der Waals surface area contributed by atoms with Gasteiger partial charge in [-0.15, -0.1) is 0 Å². The number of carbonyl (C=O) groups is 2. The number of hydrogen-bond acceptors (Lipinski definition) is 4. The second-order valence-electron chi connectivity index (χ2n) is 11.5. The van der Waals surface area contributed by atoms with E-state index in [0.717, 1.165) is 96.3 Å². The van der Waals surface area contributed by atoms with Crippen molar-refractivity contribution in [2.45, 2.75) is 192 Å². The first kappa shape index (κ1) is 36.9. The molecule has 0 aromatic heterocycles. The van der Waals surface area contributed by atoms with E-state index in [4.69, 9.17) is 10.2 Å². The summed E-state index contributed by atoms with van der Waals surface area (Å²) in [6, 6.07) is 0. The largest absolute Gasteiger partial charge is 0.481 e. The van der Waals surface area contributed by atoms with Gasteiger partial charge in [-0.1, -0.05) is 128 Å².